The van der Waals surface area contributed by atoms with Crippen LogP contribution in [0, 0.1) is 0 Å². The normalized spacial score (nSPS) is 11.3. The fourth-order valence-corrected chi connectivity index (χ4v) is 1.07. The number of aromatic nitrogens is 2. The summed E-state index contributed by atoms with van der Waals surface area (Å²) in [5.74, 6) is 1.36. The Morgan fingerprint density at radius 3 is 2.67 bits per heavy atom. The van der Waals surface area contributed by atoms with Crippen molar-refractivity contribution in [2.45, 2.75) is 19.4 Å². The Labute approximate surface area is 90.3 Å². The van der Waals surface area contributed by atoms with Crippen LogP contribution < -0.4 is 15.4 Å². The van der Waals surface area contributed by atoms with Crippen molar-refractivity contribution in [3.8, 4) is 5.88 Å². The molecule has 0 saturated heterocycles. The van der Waals surface area contributed by atoms with E-state index in [1.807, 2.05) is 11.9 Å². The number of methoxy groups -OCH3 is 1. The first-order chi connectivity index (χ1) is 7.01. The second-order valence-corrected chi connectivity index (χ2v) is 3.99. The lowest BCUT2D eigenvalue weighted by Gasteiger charge is -2.35. The van der Waals surface area contributed by atoms with Crippen molar-refractivity contribution in [2.75, 3.05) is 25.6 Å². The molecular weight excluding hydrogens is 192 g/mol. The first kappa shape index (κ1) is 11.7. The summed E-state index contributed by atoms with van der Waals surface area (Å²) in [6.45, 7) is 4.67. The molecule has 0 aliphatic heterocycles. The molecule has 1 rings (SSSR count). The van der Waals surface area contributed by atoms with Gasteiger partial charge >= 0.3 is 0 Å². The van der Waals surface area contributed by atoms with E-state index in [1.165, 1.54) is 6.33 Å². The van der Waals surface area contributed by atoms with Crippen LogP contribution >= 0.6 is 0 Å². The molecule has 1 aromatic heterocycles. The SMILES string of the molecule is COc1cc(N(C)C(C)(C)CN)ncn1. The van der Waals surface area contributed by atoms with E-state index in [4.69, 9.17) is 10.5 Å². The molecule has 0 bridgehead atoms. The largest absolute Gasteiger partial charge is 0.481 e. The molecule has 84 valence electrons. The summed E-state index contributed by atoms with van der Waals surface area (Å²) >= 11 is 0. The summed E-state index contributed by atoms with van der Waals surface area (Å²) in [5, 5.41) is 0. The molecule has 0 fully saturated rings. The quantitative estimate of drug-likeness (QED) is 0.790. The van der Waals surface area contributed by atoms with Crippen molar-refractivity contribution in [1.82, 2.24) is 9.97 Å². The lowest BCUT2D eigenvalue weighted by Crippen LogP contribution is -2.47. The van der Waals surface area contributed by atoms with Crippen LogP contribution in [0.5, 0.6) is 5.88 Å². The minimum absolute atomic E-state index is 0.140. The van der Waals surface area contributed by atoms with E-state index in [0.29, 0.717) is 12.4 Å². The molecule has 0 spiro atoms. The van der Waals surface area contributed by atoms with Gasteiger partial charge in [0.15, 0.2) is 0 Å². The Morgan fingerprint density at radius 2 is 2.13 bits per heavy atom. The average Bonchev–Trinajstić information content (AvgIpc) is 2.28. The van der Waals surface area contributed by atoms with E-state index >= 15 is 0 Å². The lowest BCUT2D eigenvalue weighted by molar-refractivity contribution is 0.396. The van der Waals surface area contributed by atoms with Gasteiger partial charge in [0.05, 0.1) is 7.11 Å². The minimum atomic E-state index is -0.140. The summed E-state index contributed by atoms with van der Waals surface area (Å²) in [5.41, 5.74) is 5.56. The number of ether oxygens (including phenoxy) is 1. The van der Waals surface area contributed by atoms with Crippen LogP contribution in [0.1, 0.15) is 13.8 Å². The van der Waals surface area contributed by atoms with E-state index in [0.717, 1.165) is 5.82 Å². The molecule has 5 nitrogen and oxygen atoms in total. The Kier molecular flexibility index (Phi) is 3.47. The third kappa shape index (κ3) is 2.56. The average molecular weight is 210 g/mol. The fraction of sp³-hybridized carbons (Fsp3) is 0.600. The highest BCUT2D eigenvalue weighted by atomic mass is 16.5. The van der Waals surface area contributed by atoms with Gasteiger partial charge in [-0.05, 0) is 13.8 Å². The topological polar surface area (TPSA) is 64.3 Å². The first-order valence-corrected chi connectivity index (χ1v) is 4.81. The number of nitrogens with two attached hydrogens (primary N) is 1. The van der Waals surface area contributed by atoms with Gasteiger partial charge in [-0.25, -0.2) is 9.97 Å². The molecule has 0 amide bonds. The summed E-state index contributed by atoms with van der Waals surface area (Å²) in [7, 11) is 3.54. The molecule has 2 N–H and O–H groups in total. The van der Waals surface area contributed by atoms with Crippen LogP contribution in [0.4, 0.5) is 5.82 Å². The Balaban J connectivity index is 2.95. The van der Waals surface area contributed by atoms with Crippen LogP contribution in [0.2, 0.25) is 0 Å². The van der Waals surface area contributed by atoms with Gasteiger partial charge in [0.2, 0.25) is 5.88 Å². The molecule has 0 radical (unpaired) electrons. The molecule has 15 heavy (non-hydrogen) atoms. The number of hydrogen-bond donors (Lipinski definition) is 1. The third-order valence-corrected chi connectivity index (χ3v) is 2.59. The maximum atomic E-state index is 5.70. The summed E-state index contributed by atoms with van der Waals surface area (Å²) in [6.07, 6.45) is 1.48. The van der Waals surface area contributed by atoms with Crippen molar-refractivity contribution in [3.05, 3.63) is 12.4 Å². The molecule has 0 atom stereocenters. The zero-order valence-electron chi connectivity index (χ0n) is 9.69. The summed E-state index contributed by atoms with van der Waals surface area (Å²) < 4.78 is 5.04. The van der Waals surface area contributed by atoms with Gasteiger partial charge in [-0.2, -0.15) is 0 Å². The zero-order valence-corrected chi connectivity index (χ0v) is 9.69. The standard InChI is InChI=1S/C10H18N4O/c1-10(2,6-11)14(3)8-5-9(15-4)13-7-12-8/h5,7H,6,11H2,1-4H3. The second-order valence-electron chi connectivity index (χ2n) is 3.99. The van der Waals surface area contributed by atoms with Gasteiger partial charge in [-0.3, -0.25) is 0 Å². The van der Waals surface area contributed by atoms with Crippen LogP contribution in [0.15, 0.2) is 12.4 Å². The molecule has 1 aromatic rings. The molecule has 0 aromatic carbocycles. The van der Waals surface area contributed by atoms with Crippen molar-refractivity contribution < 1.29 is 4.74 Å². The van der Waals surface area contributed by atoms with E-state index in [-0.39, 0.29) is 5.54 Å². The molecule has 0 aliphatic rings. The van der Waals surface area contributed by atoms with Crippen molar-refractivity contribution in [2.24, 2.45) is 5.73 Å². The minimum Gasteiger partial charge on any atom is -0.481 e. The van der Waals surface area contributed by atoms with E-state index in [2.05, 4.69) is 23.8 Å². The van der Waals surface area contributed by atoms with Gasteiger partial charge in [-0.1, -0.05) is 0 Å². The molecule has 1 heterocycles. The maximum Gasteiger partial charge on any atom is 0.218 e. The maximum absolute atomic E-state index is 5.70. The van der Waals surface area contributed by atoms with Crippen LogP contribution in [0.25, 0.3) is 0 Å². The fourth-order valence-electron chi connectivity index (χ4n) is 1.07. The molecule has 0 saturated carbocycles. The van der Waals surface area contributed by atoms with Crippen LogP contribution in [-0.2, 0) is 0 Å². The number of rotatable bonds is 4. The van der Waals surface area contributed by atoms with Gasteiger partial charge in [0.25, 0.3) is 0 Å². The second kappa shape index (κ2) is 4.44. The smallest absolute Gasteiger partial charge is 0.218 e. The number of nitrogens with zero attached hydrogens (tertiary/aromatic N) is 3. The number of likely N-dealkylation sites (N-methyl/N-ethyl adjacent to an activating group) is 1. The van der Waals surface area contributed by atoms with Gasteiger partial charge in [-0.15, -0.1) is 0 Å². The number of hydrogen-bond acceptors (Lipinski definition) is 5. The molecule has 5 heteroatoms. The lowest BCUT2D eigenvalue weighted by atomic mass is 10.0. The van der Waals surface area contributed by atoms with E-state index in [1.54, 1.807) is 13.2 Å². The Morgan fingerprint density at radius 1 is 1.47 bits per heavy atom. The summed E-state index contributed by atoms with van der Waals surface area (Å²) in [6, 6.07) is 1.79. The highest BCUT2D eigenvalue weighted by Crippen LogP contribution is 2.21. The van der Waals surface area contributed by atoms with E-state index < -0.39 is 0 Å². The van der Waals surface area contributed by atoms with Crippen LogP contribution in [0.3, 0.4) is 0 Å². The van der Waals surface area contributed by atoms with Gasteiger partial charge in [0, 0.05) is 25.2 Å². The highest BCUT2D eigenvalue weighted by molar-refractivity contribution is 5.42. The van der Waals surface area contributed by atoms with E-state index in [9.17, 15) is 0 Å². The summed E-state index contributed by atoms with van der Waals surface area (Å²) in [4.78, 5) is 10.1. The van der Waals surface area contributed by atoms with Crippen LogP contribution in [-0.4, -0.2) is 36.2 Å². The Hall–Kier alpha value is -1.36. The van der Waals surface area contributed by atoms with Crippen molar-refractivity contribution in [1.29, 1.82) is 0 Å². The van der Waals surface area contributed by atoms with Crippen molar-refractivity contribution in [3.63, 3.8) is 0 Å². The van der Waals surface area contributed by atoms with Gasteiger partial charge < -0.3 is 15.4 Å². The predicted octanol–water partition coefficient (Wildman–Crippen LogP) is 0.659. The van der Waals surface area contributed by atoms with Crippen molar-refractivity contribution >= 4 is 5.82 Å². The predicted molar refractivity (Wildman–Crippen MR) is 60.1 cm³/mol. The molecule has 0 aliphatic carbocycles. The molecule has 0 unspecified atom stereocenters. The van der Waals surface area contributed by atoms with Gasteiger partial charge in [0.1, 0.15) is 12.1 Å². The third-order valence-electron chi connectivity index (χ3n) is 2.59. The first-order valence-electron chi connectivity index (χ1n) is 4.81. The monoisotopic (exact) mass is 210 g/mol. The molecular formula is C10H18N4O. The highest BCUT2D eigenvalue weighted by Gasteiger charge is 2.23. The zero-order chi connectivity index (χ0) is 11.5. The number of anilines is 1. The Bertz CT molecular complexity index is 327.